The molecule has 0 aliphatic carbocycles. The summed E-state index contributed by atoms with van der Waals surface area (Å²) in [5, 5.41) is 18.7. The van der Waals surface area contributed by atoms with Gasteiger partial charge in [-0.3, -0.25) is 0 Å². The van der Waals surface area contributed by atoms with Crippen molar-refractivity contribution >= 4 is 23.2 Å². The Labute approximate surface area is 149 Å². The summed E-state index contributed by atoms with van der Waals surface area (Å²) in [6.07, 6.45) is -4.57. The Morgan fingerprint density at radius 1 is 1.00 bits per heavy atom. The number of alkyl halides is 3. The minimum Gasteiger partial charge on any atom is -0.247 e. The minimum absolute atomic E-state index is 0.125. The van der Waals surface area contributed by atoms with E-state index in [9.17, 15) is 13.2 Å². The van der Waals surface area contributed by atoms with Gasteiger partial charge in [0, 0.05) is 10.6 Å². The van der Waals surface area contributed by atoms with Gasteiger partial charge in [0.25, 0.3) is 0 Å². The van der Waals surface area contributed by atoms with E-state index in [-0.39, 0.29) is 27.0 Å². The Morgan fingerprint density at radius 3 is 2.40 bits per heavy atom. The molecule has 0 saturated heterocycles. The van der Waals surface area contributed by atoms with Crippen LogP contribution in [0.25, 0.3) is 22.4 Å². The van der Waals surface area contributed by atoms with Crippen LogP contribution in [-0.2, 0) is 6.18 Å². The smallest absolute Gasteiger partial charge is 0.247 e. The van der Waals surface area contributed by atoms with E-state index in [1.807, 2.05) is 6.07 Å². The largest absolute Gasteiger partial charge is 0.417 e. The van der Waals surface area contributed by atoms with Crippen molar-refractivity contribution in [1.82, 2.24) is 15.4 Å². The Morgan fingerprint density at radius 2 is 1.72 bits per heavy atom. The van der Waals surface area contributed by atoms with Gasteiger partial charge in [0.2, 0.25) is 0 Å². The molecule has 1 heterocycles. The van der Waals surface area contributed by atoms with E-state index in [1.54, 1.807) is 12.1 Å². The Hall–Kier alpha value is -2.56. The van der Waals surface area contributed by atoms with Gasteiger partial charge in [0.15, 0.2) is 5.69 Å². The third-order valence-corrected chi connectivity index (χ3v) is 3.98. The number of H-pyrrole nitrogens is 1. The van der Waals surface area contributed by atoms with Crippen LogP contribution < -0.4 is 0 Å². The highest BCUT2D eigenvalue weighted by Gasteiger charge is 2.33. The molecule has 0 saturated carbocycles. The van der Waals surface area contributed by atoms with Gasteiger partial charge in [-0.25, -0.2) is 5.10 Å². The lowest BCUT2D eigenvalue weighted by atomic mass is 9.99. The van der Waals surface area contributed by atoms with Crippen LogP contribution in [0.2, 0.25) is 10.0 Å². The lowest BCUT2D eigenvalue weighted by Gasteiger charge is -2.12. The molecule has 0 aliphatic heterocycles. The number of aromatic nitrogens is 3. The summed E-state index contributed by atoms with van der Waals surface area (Å²) in [7, 11) is 0. The molecule has 0 aliphatic rings. The first-order valence-corrected chi connectivity index (χ1v) is 7.54. The molecular formula is C16H7Cl2F3N4. The summed E-state index contributed by atoms with van der Waals surface area (Å²) >= 11 is 11.7. The van der Waals surface area contributed by atoms with Crippen molar-refractivity contribution in [3.05, 3.63) is 57.7 Å². The van der Waals surface area contributed by atoms with Crippen LogP contribution in [0.3, 0.4) is 0 Å². The normalized spacial score (nSPS) is 11.4. The fraction of sp³-hybridized carbons (Fsp3) is 0.0625. The molecule has 0 bridgehead atoms. The van der Waals surface area contributed by atoms with E-state index in [2.05, 4.69) is 15.4 Å². The maximum atomic E-state index is 13.1. The van der Waals surface area contributed by atoms with Gasteiger partial charge >= 0.3 is 6.18 Å². The number of hydrogen-bond donors (Lipinski definition) is 1. The van der Waals surface area contributed by atoms with Gasteiger partial charge in [-0.15, -0.1) is 5.10 Å². The van der Waals surface area contributed by atoms with E-state index < -0.39 is 11.7 Å². The molecule has 4 nitrogen and oxygen atoms in total. The zero-order valence-corrected chi connectivity index (χ0v) is 13.7. The molecular weight excluding hydrogens is 376 g/mol. The monoisotopic (exact) mass is 382 g/mol. The molecule has 0 spiro atoms. The molecule has 3 rings (SSSR count). The number of aromatic amines is 1. The first kappa shape index (κ1) is 17.3. The van der Waals surface area contributed by atoms with Crippen molar-refractivity contribution in [3.8, 4) is 28.5 Å². The Kier molecular flexibility index (Phi) is 4.41. The molecule has 2 aromatic carbocycles. The van der Waals surface area contributed by atoms with E-state index in [4.69, 9.17) is 28.5 Å². The van der Waals surface area contributed by atoms with E-state index in [0.29, 0.717) is 11.1 Å². The second-order valence-corrected chi connectivity index (χ2v) is 5.91. The average Bonchev–Trinajstić information content (AvgIpc) is 3.02. The Bertz CT molecular complexity index is 990. The first-order chi connectivity index (χ1) is 11.8. The second kappa shape index (κ2) is 6.39. The van der Waals surface area contributed by atoms with Gasteiger partial charge in [0.05, 0.1) is 10.6 Å². The number of nitriles is 1. The molecule has 9 heteroatoms. The van der Waals surface area contributed by atoms with Crippen molar-refractivity contribution in [3.63, 3.8) is 0 Å². The zero-order chi connectivity index (χ0) is 18.2. The van der Waals surface area contributed by atoms with E-state index >= 15 is 0 Å². The van der Waals surface area contributed by atoms with Crippen molar-refractivity contribution in [1.29, 1.82) is 5.26 Å². The summed E-state index contributed by atoms with van der Waals surface area (Å²) in [4.78, 5) is 0. The highest BCUT2D eigenvalue weighted by Crippen LogP contribution is 2.38. The van der Waals surface area contributed by atoms with Crippen LogP contribution >= 0.6 is 23.2 Å². The summed E-state index contributed by atoms with van der Waals surface area (Å²) < 4.78 is 39.2. The summed E-state index contributed by atoms with van der Waals surface area (Å²) in [5.74, 6) is 0. The van der Waals surface area contributed by atoms with Crippen molar-refractivity contribution in [2.24, 2.45) is 0 Å². The molecule has 0 amide bonds. The third-order valence-electron chi connectivity index (χ3n) is 3.44. The molecule has 0 radical (unpaired) electrons. The predicted molar refractivity (Wildman–Crippen MR) is 87.0 cm³/mol. The van der Waals surface area contributed by atoms with Crippen LogP contribution in [0, 0.1) is 11.3 Å². The number of halogens is 5. The minimum atomic E-state index is -4.57. The molecule has 25 heavy (non-hydrogen) atoms. The standard InChI is InChI=1S/C16H7Cl2F3N4/c17-11-4-9(3-10(5-11)15-14(7-22)23-25-24-15)8-1-2-13(18)12(6-8)16(19,20)21/h1-6H,(H,23,24,25). The van der Waals surface area contributed by atoms with Crippen molar-refractivity contribution in [2.75, 3.05) is 0 Å². The quantitative estimate of drug-likeness (QED) is 0.650. The molecule has 3 aromatic rings. The zero-order valence-electron chi connectivity index (χ0n) is 12.2. The number of hydrogen-bond acceptors (Lipinski definition) is 3. The van der Waals surface area contributed by atoms with Gasteiger partial charge in [0.1, 0.15) is 11.8 Å². The van der Waals surface area contributed by atoms with Crippen LogP contribution in [-0.4, -0.2) is 15.4 Å². The molecule has 1 aromatic heterocycles. The second-order valence-electron chi connectivity index (χ2n) is 5.07. The summed E-state index contributed by atoms with van der Waals surface area (Å²) in [5.41, 5.74) is 0.610. The summed E-state index contributed by atoms with van der Waals surface area (Å²) in [6.45, 7) is 0. The van der Waals surface area contributed by atoms with Gasteiger partial charge in [-0.05, 0) is 41.5 Å². The molecule has 0 unspecified atom stereocenters. The highest BCUT2D eigenvalue weighted by molar-refractivity contribution is 6.32. The lowest BCUT2D eigenvalue weighted by molar-refractivity contribution is -0.137. The van der Waals surface area contributed by atoms with Gasteiger partial charge < -0.3 is 0 Å². The predicted octanol–water partition coefficient (Wildman–Crippen LogP) is 5.34. The number of nitrogens with one attached hydrogen (secondary N) is 1. The fourth-order valence-electron chi connectivity index (χ4n) is 2.32. The Balaban J connectivity index is 2.15. The maximum absolute atomic E-state index is 13.1. The van der Waals surface area contributed by atoms with E-state index in [0.717, 1.165) is 6.07 Å². The average molecular weight is 383 g/mol. The van der Waals surface area contributed by atoms with Crippen LogP contribution in [0.1, 0.15) is 11.3 Å². The lowest BCUT2D eigenvalue weighted by Crippen LogP contribution is -2.05. The van der Waals surface area contributed by atoms with Gasteiger partial charge in [-0.1, -0.05) is 34.5 Å². The van der Waals surface area contributed by atoms with Crippen LogP contribution in [0.4, 0.5) is 13.2 Å². The molecule has 1 N–H and O–H groups in total. The van der Waals surface area contributed by atoms with E-state index in [1.165, 1.54) is 18.2 Å². The van der Waals surface area contributed by atoms with Gasteiger partial charge in [-0.2, -0.15) is 18.4 Å². The third kappa shape index (κ3) is 3.45. The topological polar surface area (TPSA) is 65.4 Å². The molecule has 0 atom stereocenters. The van der Waals surface area contributed by atoms with Crippen LogP contribution in [0.5, 0.6) is 0 Å². The first-order valence-electron chi connectivity index (χ1n) is 6.79. The van der Waals surface area contributed by atoms with Crippen LogP contribution in [0.15, 0.2) is 36.4 Å². The SMILES string of the molecule is N#Cc1[nH]nnc1-c1cc(Cl)cc(-c2ccc(Cl)c(C(F)(F)F)c2)c1. The van der Waals surface area contributed by atoms with Crippen molar-refractivity contribution < 1.29 is 13.2 Å². The fourth-order valence-corrected chi connectivity index (χ4v) is 2.78. The molecule has 126 valence electrons. The number of nitrogens with zero attached hydrogens (tertiary/aromatic N) is 3. The number of rotatable bonds is 2. The maximum Gasteiger partial charge on any atom is 0.417 e. The number of benzene rings is 2. The van der Waals surface area contributed by atoms with Crippen molar-refractivity contribution in [2.45, 2.75) is 6.18 Å². The molecule has 0 fully saturated rings. The summed E-state index contributed by atoms with van der Waals surface area (Å²) in [6, 6.07) is 10.1. The highest BCUT2D eigenvalue weighted by atomic mass is 35.5.